The molecule has 0 fully saturated rings. The van der Waals surface area contributed by atoms with Crippen LogP contribution in [0.5, 0.6) is 0 Å². The van der Waals surface area contributed by atoms with Crippen LogP contribution in [0.2, 0.25) is 0 Å². The average molecular weight is 270 g/mol. The van der Waals surface area contributed by atoms with Crippen LogP contribution < -0.4 is 10.6 Å². The summed E-state index contributed by atoms with van der Waals surface area (Å²) in [4.78, 5) is 15.1. The van der Waals surface area contributed by atoms with E-state index in [2.05, 4.69) is 0 Å². The molecule has 0 unspecified atom stereocenters. The smallest absolute Gasteiger partial charge is 0.237 e. The molecular formula is C15H14N2OS. The Morgan fingerprint density at radius 2 is 1.95 bits per heavy atom. The molecule has 0 spiro atoms. The summed E-state index contributed by atoms with van der Waals surface area (Å²) in [5.41, 5.74) is 8.57. The Morgan fingerprint density at radius 1 is 1.16 bits per heavy atom. The maximum Gasteiger partial charge on any atom is 0.237 e. The van der Waals surface area contributed by atoms with Gasteiger partial charge in [-0.2, -0.15) is 0 Å². The van der Waals surface area contributed by atoms with E-state index in [1.807, 2.05) is 53.4 Å². The van der Waals surface area contributed by atoms with Gasteiger partial charge < -0.3 is 10.6 Å². The Balaban J connectivity index is 1.97. The first-order valence-electron chi connectivity index (χ1n) is 6.10. The highest BCUT2D eigenvalue weighted by Gasteiger charge is 2.24. The molecule has 3 rings (SSSR count). The minimum atomic E-state index is 0.131. The van der Waals surface area contributed by atoms with Crippen molar-refractivity contribution >= 4 is 29.0 Å². The van der Waals surface area contributed by atoms with E-state index in [-0.39, 0.29) is 5.91 Å². The minimum Gasteiger partial charge on any atom is -0.399 e. The van der Waals surface area contributed by atoms with Crippen molar-refractivity contribution in [3.05, 3.63) is 54.1 Å². The fraction of sp³-hybridized carbons (Fsp3) is 0.133. The molecule has 0 atom stereocenters. The summed E-state index contributed by atoms with van der Waals surface area (Å²) in [6.07, 6.45) is 0. The first-order chi connectivity index (χ1) is 9.24. The van der Waals surface area contributed by atoms with Gasteiger partial charge in [-0.25, -0.2) is 0 Å². The number of hydrogen-bond donors (Lipinski definition) is 1. The van der Waals surface area contributed by atoms with Crippen LogP contribution in [-0.4, -0.2) is 11.7 Å². The summed E-state index contributed by atoms with van der Waals surface area (Å²) in [6.45, 7) is 0.594. The summed E-state index contributed by atoms with van der Waals surface area (Å²) in [6, 6.07) is 15.7. The van der Waals surface area contributed by atoms with Crippen LogP contribution in [0.1, 0.15) is 5.56 Å². The van der Waals surface area contributed by atoms with Gasteiger partial charge in [-0.1, -0.05) is 30.3 Å². The lowest BCUT2D eigenvalue weighted by molar-refractivity contribution is -0.116. The zero-order valence-electron chi connectivity index (χ0n) is 10.4. The molecule has 19 heavy (non-hydrogen) atoms. The van der Waals surface area contributed by atoms with Crippen molar-refractivity contribution < 1.29 is 4.79 Å². The molecule has 0 saturated heterocycles. The number of carbonyl (C=O) groups excluding carboxylic acids is 1. The van der Waals surface area contributed by atoms with Gasteiger partial charge >= 0.3 is 0 Å². The van der Waals surface area contributed by atoms with Crippen molar-refractivity contribution in [3.63, 3.8) is 0 Å². The standard InChI is InChI=1S/C15H14N2OS/c16-12-6-7-14-13(8-12)17(15(18)10-19-14)9-11-4-2-1-3-5-11/h1-8H,9-10,16H2. The van der Waals surface area contributed by atoms with Crippen LogP contribution in [0, 0.1) is 0 Å². The van der Waals surface area contributed by atoms with E-state index >= 15 is 0 Å². The molecule has 1 aliphatic heterocycles. The number of thioether (sulfide) groups is 1. The number of rotatable bonds is 2. The molecule has 2 aromatic rings. The predicted molar refractivity (Wildman–Crippen MR) is 79.2 cm³/mol. The van der Waals surface area contributed by atoms with E-state index in [9.17, 15) is 4.79 Å². The predicted octanol–water partition coefficient (Wildman–Crippen LogP) is 2.91. The summed E-state index contributed by atoms with van der Waals surface area (Å²) < 4.78 is 0. The molecule has 0 radical (unpaired) electrons. The maximum absolute atomic E-state index is 12.1. The number of nitrogens with two attached hydrogens (primary N) is 1. The van der Waals surface area contributed by atoms with Gasteiger partial charge in [0.2, 0.25) is 5.91 Å². The van der Waals surface area contributed by atoms with E-state index in [1.165, 1.54) is 0 Å². The Kier molecular flexibility index (Phi) is 3.17. The highest BCUT2D eigenvalue weighted by molar-refractivity contribution is 8.00. The summed E-state index contributed by atoms with van der Waals surface area (Å²) in [5.74, 6) is 0.621. The van der Waals surface area contributed by atoms with Crippen LogP contribution in [0.4, 0.5) is 11.4 Å². The lowest BCUT2D eigenvalue weighted by Crippen LogP contribution is -2.34. The van der Waals surface area contributed by atoms with Crippen LogP contribution in [0.15, 0.2) is 53.4 Å². The minimum absolute atomic E-state index is 0.131. The molecule has 1 heterocycles. The SMILES string of the molecule is Nc1ccc2c(c1)N(Cc1ccccc1)C(=O)CS2. The molecule has 4 heteroatoms. The number of benzene rings is 2. The Morgan fingerprint density at radius 3 is 2.74 bits per heavy atom. The van der Waals surface area contributed by atoms with Gasteiger partial charge in [0, 0.05) is 10.6 Å². The number of nitrogens with zero attached hydrogens (tertiary/aromatic N) is 1. The second-order valence-electron chi connectivity index (χ2n) is 4.48. The number of hydrogen-bond acceptors (Lipinski definition) is 3. The number of nitrogen functional groups attached to an aromatic ring is 1. The third-order valence-electron chi connectivity index (χ3n) is 3.11. The van der Waals surface area contributed by atoms with Crippen LogP contribution in [-0.2, 0) is 11.3 Å². The Bertz CT molecular complexity index is 613. The molecule has 0 aromatic heterocycles. The van der Waals surface area contributed by atoms with Crippen LogP contribution in [0.3, 0.4) is 0 Å². The number of carbonyl (C=O) groups is 1. The van der Waals surface area contributed by atoms with E-state index in [4.69, 9.17) is 5.73 Å². The third-order valence-corrected chi connectivity index (χ3v) is 4.16. The second kappa shape index (κ2) is 4.97. The molecule has 2 aromatic carbocycles. The molecule has 3 nitrogen and oxygen atoms in total. The highest BCUT2D eigenvalue weighted by atomic mass is 32.2. The van der Waals surface area contributed by atoms with Gasteiger partial charge in [0.1, 0.15) is 0 Å². The van der Waals surface area contributed by atoms with Gasteiger partial charge in [-0.15, -0.1) is 11.8 Å². The first-order valence-corrected chi connectivity index (χ1v) is 7.09. The van der Waals surface area contributed by atoms with Crippen molar-refractivity contribution in [1.82, 2.24) is 0 Å². The zero-order chi connectivity index (χ0) is 13.2. The first kappa shape index (κ1) is 12.1. The van der Waals surface area contributed by atoms with Gasteiger partial charge in [0.05, 0.1) is 18.0 Å². The fourth-order valence-corrected chi connectivity index (χ4v) is 3.07. The largest absolute Gasteiger partial charge is 0.399 e. The highest BCUT2D eigenvalue weighted by Crippen LogP contribution is 2.37. The van der Waals surface area contributed by atoms with E-state index in [0.717, 1.165) is 16.1 Å². The number of fused-ring (bicyclic) bond motifs is 1. The zero-order valence-corrected chi connectivity index (χ0v) is 11.2. The van der Waals surface area contributed by atoms with Crippen LogP contribution in [0.25, 0.3) is 0 Å². The van der Waals surface area contributed by atoms with Gasteiger partial charge in [0.25, 0.3) is 0 Å². The van der Waals surface area contributed by atoms with E-state index < -0.39 is 0 Å². The van der Waals surface area contributed by atoms with Crippen LogP contribution >= 0.6 is 11.8 Å². The molecule has 0 aliphatic carbocycles. The molecule has 0 saturated carbocycles. The Hall–Kier alpha value is -1.94. The number of amides is 1. The molecule has 2 N–H and O–H groups in total. The maximum atomic E-state index is 12.1. The molecule has 1 aliphatic rings. The van der Waals surface area contributed by atoms with E-state index in [0.29, 0.717) is 18.0 Å². The van der Waals surface area contributed by atoms with Crippen molar-refractivity contribution in [3.8, 4) is 0 Å². The van der Waals surface area contributed by atoms with Crippen molar-refractivity contribution in [2.24, 2.45) is 0 Å². The van der Waals surface area contributed by atoms with Gasteiger partial charge in [-0.3, -0.25) is 4.79 Å². The lowest BCUT2D eigenvalue weighted by Gasteiger charge is -2.29. The fourth-order valence-electron chi connectivity index (χ4n) is 2.16. The normalized spacial score (nSPS) is 14.3. The summed E-state index contributed by atoms with van der Waals surface area (Å²) >= 11 is 1.57. The topological polar surface area (TPSA) is 46.3 Å². The third kappa shape index (κ3) is 2.44. The quantitative estimate of drug-likeness (QED) is 0.853. The molecule has 1 amide bonds. The molecule has 96 valence electrons. The van der Waals surface area contributed by atoms with Crippen molar-refractivity contribution in [2.45, 2.75) is 11.4 Å². The van der Waals surface area contributed by atoms with Gasteiger partial charge in [-0.05, 0) is 23.8 Å². The Labute approximate surface area is 116 Å². The molecular weight excluding hydrogens is 256 g/mol. The van der Waals surface area contributed by atoms with Gasteiger partial charge in [0.15, 0.2) is 0 Å². The average Bonchev–Trinajstić information content (AvgIpc) is 2.43. The van der Waals surface area contributed by atoms with Crippen molar-refractivity contribution in [1.29, 1.82) is 0 Å². The molecule has 0 bridgehead atoms. The second-order valence-corrected chi connectivity index (χ2v) is 5.50. The van der Waals surface area contributed by atoms with Crippen molar-refractivity contribution in [2.75, 3.05) is 16.4 Å². The van der Waals surface area contributed by atoms with E-state index in [1.54, 1.807) is 11.8 Å². The summed E-state index contributed by atoms with van der Waals surface area (Å²) in [5, 5.41) is 0. The monoisotopic (exact) mass is 270 g/mol. The number of anilines is 2. The lowest BCUT2D eigenvalue weighted by atomic mass is 10.2. The summed E-state index contributed by atoms with van der Waals surface area (Å²) in [7, 11) is 0.